The maximum absolute atomic E-state index is 11.7. The minimum Gasteiger partial charge on any atom is -0.440 e. The zero-order valence-electron chi connectivity index (χ0n) is 8.61. The summed E-state index contributed by atoms with van der Waals surface area (Å²) in [5.74, 6) is -0.249. The Morgan fingerprint density at radius 3 is 2.47 bits per heavy atom. The number of nitrogens with zero attached hydrogens (tertiary/aromatic N) is 1. The minimum absolute atomic E-state index is 0.138. The number of furan rings is 1. The number of hydrogen-bond acceptors (Lipinski definition) is 3. The van der Waals surface area contributed by atoms with Gasteiger partial charge in [0, 0.05) is 5.69 Å². The van der Waals surface area contributed by atoms with E-state index in [0.717, 1.165) is 0 Å². The van der Waals surface area contributed by atoms with E-state index in [1.54, 1.807) is 24.3 Å². The van der Waals surface area contributed by atoms with E-state index in [4.69, 9.17) is 21.3 Å². The van der Waals surface area contributed by atoms with Crippen LogP contribution in [-0.4, -0.2) is 5.91 Å². The van der Waals surface area contributed by atoms with Crippen LogP contribution in [0.5, 0.6) is 0 Å². The lowest BCUT2D eigenvalue weighted by Crippen LogP contribution is -2.10. The molecule has 0 atom stereocenters. The van der Waals surface area contributed by atoms with Gasteiger partial charge in [0.2, 0.25) is 0 Å². The van der Waals surface area contributed by atoms with Crippen molar-refractivity contribution in [1.29, 1.82) is 5.26 Å². The van der Waals surface area contributed by atoms with Crippen LogP contribution in [0.2, 0.25) is 5.22 Å². The third kappa shape index (κ3) is 2.65. The topological polar surface area (TPSA) is 66.0 Å². The second-order valence-corrected chi connectivity index (χ2v) is 3.62. The second-order valence-electron chi connectivity index (χ2n) is 3.25. The molecule has 0 aliphatic heterocycles. The molecule has 4 nitrogen and oxygen atoms in total. The van der Waals surface area contributed by atoms with E-state index in [9.17, 15) is 4.79 Å². The molecule has 1 heterocycles. The van der Waals surface area contributed by atoms with Gasteiger partial charge in [-0.05, 0) is 48.0 Å². The van der Waals surface area contributed by atoms with Gasteiger partial charge in [-0.1, -0.05) is 0 Å². The van der Waals surface area contributed by atoms with Crippen molar-refractivity contribution >= 4 is 23.2 Å². The van der Waals surface area contributed by atoms with Crippen LogP contribution >= 0.6 is 11.6 Å². The lowest BCUT2D eigenvalue weighted by Gasteiger charge is -2.02. The molecule has 1 aromatic heterocycles. The highest BCUT2D eigenvalue weighted by Crippen LogP contribution is 2.15. The highest BCUT2D eigenvalue weighted by Gasteiger charge is 2.10. The van der Waals surface area contributed by atoms with Crippen molar-refractivity contribution in [2.45, 2.75) is 0 Å². The van der Waals surface area contributed by atoms with Crippen LogP contribution in [0.25, 0.3) is 0 Å². The van der Waals surface area contributed by atoms with Crippen LogP contribution in [0.15, 0.2) is 40.8 Å². The summed E-state index contributed by atoms with van der Waals surface area (Å²) in [6, 6.07) is 11.5. The zero-order valence-corrected chi connectivity index (χ0v) is 9.36. The predicted octanol–water partition coefficient (Wildman–Crippen LogP) is 3.06. The summed E-state index contributed by atoms with van der Waals surface area (Å²) in [4.78, 5) is 11.7. The highest BCUT2D eigenvalue weighted by atomic mass is 35.5. The van der Waals surface area contributed by atoms with Gasteiger partial charge in [0.15, 0.2) is 11.0 Å². The maximum Gasteiger partial charge on any atom is 0.291 e. The Balaban J connectivity index is 2.11. The van der Waals surface area contributed by atoms with Gasteiger partial charge in [0.1, 0.15) is 0 Å². The quantitative estimate of drug-likeness (QED) is 0.886. The summed E-state index contributed by atoms with van der Waals surface area (Å²) in [7, 11) is 0. The van der Waals surface area contributed by atoms with Crippen LogP contribution in [0.1, 0.15) is 16.1 Å². The second kappa shape index (κ2) is 4.73. The fraction of sp³-hybridized carbons (Fsp3) is 0. The molecule has 0 saturated heterocycles. The summed E-state index contributed by atoms with van der Waals surface area (Å²) in [5, 5.41) is 11.4. The molecule has 0 bridgehead atoms. The molecule has 0 saturated carbocycles. The molecule has 0 aliphatic carbocycles. The highest BCUT2D eigenvalue weighted by molar-refractivity contribution is 6.29. The van der Waals surface area contributed by atoms with E-state index < -0.39 is 0 Å². The molecule has 5 heteroatoms. The lowest BCUT2D eigenvalue weighted by molar-refractivity contribution is 0.0997. The van der Waals surface area contributed by atoms with Crippen LogP contribution in [0.3, 0.4) is 0 Å². The van der Waals surface area contributed by atoms with Crippen LogP contribution in [-0.2, 0) is 0 Å². The molecule has 1 amide bonds. The van der Waals surface area contributed by atoms with E-state index >= 15 is 0 Å². The van der Waals surface area contributed by atoms with Crippen LogP contribution in [0.4, 0.5) is 5.69 Å². The van der Waals surface area contributed by atoms with E-state index in [1.165, 1.54) is 12.1 Å². The third-order valence-electron chi connectivity index (χ3n) is 2.07. The molecular formula is C12H7ClN2O2. The van der Waals surface area contributed by atoms with Gasteiger partial charge in [-0.2, -0.15) is 5.26 Å². The van der Waals surface area contributed by atoms with E-state index in [0.29, 0.717) is 11.3 Å². The number of hydrogen-bond donors (Lipinski definition) is 1. The van der Waals surface area contributed by atoms with Crippen molar-refractivity contribution in [3.8, 4) is 6.07 Å². The number of nitrogens with one attached hydrogen (secondary N) is 1. The molecule has 1 aromatic carbocycles. The minimum atomic E-state index is -0.387. The number of halogens is 1. The first-order valence-corrected chi connectivity index (χ1v) is 5.13. The van der Waals surface area contributed by atoms with Gasteiger partial charge in [0.05, 0.1) is 11.6 Å². The number of benzene rings is 1. The monoisotopic (exact) mass is 246 g/mol. The molecule has 2 rings (SSSR count). The molecular weight excluding hydrogens is 240 g/mol. The van der Waals surface area contributed by atoms with Gasteiger partial charge in [-0.3, -0.25) is 4.79 Å². The first kappa shape index (κ1) is 11.2. The van der Waals surface area contributed by atoms with Crippen molar-refractivity contribution in [3.05, 3.63) is 52.9 Å². The number of carbonyl (C=O) groups is 1. The molecule has 17 heavy (non-hydrogen) atoms. The summed E-state index contributed by atoms with van der Waals surface area (Å²) < 4.78 is 4.96. The Labute approximate surface area is 102 Å². The summed E-state index contributed by atoms with van der Waals surface area (Å²) in [5.41, 5.74) is 1.12. The Morgan fingerprint density at radius 1 is 1.24 bits per heavy atom. The number of nitriles is 1. The van der Waals surface area contributed by atoms with Gasteiger partial charge in [-0.25, -0.2) is 0 Å². The van der Waals surface area contributed by atoms with E-state index in [2.05, 4.69) is 5.32 Å². The van der Waals surface area contributed by atoms with Crippen molar-refractivity contribution < 1.29 is 9.21 Å². The predicted molar refractivity (Wildman–Crippen MR) is 62.8 cm³/mol. The zero-order chi connectivity index (χ0) is 12.3. The smallest absolute Gasteiger partial charge is 0.291 e. The fourth-order valence-electron chi connectivity index (χ4n) is 1.26. The Kier molecular flexibility index (Phi) is 3.12. The van der Waals surface area contributed by atoms with Gasteiger partial charge >= 0.3 is 0 Å². The summed E-state index contributed by atoms with van der Waals surface area (Å²) in [6.45, 7) is 0. The van der Waals surface area contributed by atoms with Gasteiger partial charge in [0.25, 0.3) is 5.91 Å². The van der Waals surface area contributed by atoms with Crippen molar-refractivity contribution in [2.75, 3.05) is 5.32 Å². The first-order valence-electron chi connectivity index (χ1n) is 4.76. The Hall–Kier alpha value is -2.25. The van der Waals surface area contributed by atoms with Gasteiger partial charge < -0.3 is 9.73 Å². The Bertz CT molecular complexity index is 581. The van der Waals surface area contributed by atoms with Crippen molar-refractivity contribution in [1.82, 2.24) is 0 Å². The normalized spacial score (nSPS) is 9.65. The molecule has 0 aliphatic rings. The third-order valence-corrected chi connectivity index (χ3v) is 2.27. The molecule has 1 N–H and O–H groups in total. The number of rotatable bonds is 2. The van der Waals surface area contributed by atoms with Crippen molar-refractivity contribution in [2.24, 2.45) is 0 Å². The van der Waals surface area contributed by atoms with Gasteiger partial charge in [-0.15, -0.1) is 0 Å². The summed E-state index contributed by atoms with van der Waals surface area (Å²) >= 11 is 5.56. The number of amides is 1. The van der Waals surface area contributed by atoms with Crippen LogP contribution < -0.4 is 5.32 Å². The molecule has 0 unspecified atom stereocenters. The molecule has 0 radical (unpaired) electrons. The van der Waals surface area contributed by atoms with E-state index in [1.807, 2.05) is 6.07 Å². The Morgan fingerprint density at radius 2 is 1.94 bits per heavy atom. The molecule has 0 spiro atoms. The molecule has 2 aromatic rings. The first-order chi connectivity index (χ1) is 8.19. The number of anilines is 1. The molecule has 84 valence electrons. The molecule has 0 fully saturated rings. The largest absolute Gasteiger partial charge is 0.440 e. The average Bonchev–Trinajstić information content (AvgIpc) is 2.77. The average molecular weight is 247 g/mol. The summed E-state index contributed by atoms with van der Waals surface area (Å²) in [6.07, 6.45) is 0. The SMILES string of the molecule is N#Cc1ccc(NC(=O)c2ccc(Cl)o2)cc1. The van der Waals surface area contributed by atoms with E-state index in [-0.39, 0.29) is 16.9 Å². The fourth-order valence-corrected chi connectivity index (χ4v) is 1.40. The standard InChI is InChI=1S/C12H7ClN2O2/c13-11-6-5-10(17-11)12(16)15-9-3-1-8(7-14)2-4-9/h1-6H,(H,15,16). The maximum atomic E-state index is 11.7. The van der Waals surface area contributed by atoms with Crippen molar-refractivity contribution in [3.63, 3.8) is 0 Å². The number of carbonyl (C=O) groups excluding carboxylic acids is 1. The van der Waals surface area contributed by atoms with Crippen LogP contribution in [0, 0.1) is 11.3 Å². The lowest BCUT2D eigenvalue weighted by atomic mass is 10.2.